The summed E-state index contributed by atoms with van der Waals surface area (Å²) in [6.45, 7) is 11.9. The SMILES string of the molecule is Br.CCP(CC)CC.[C-]1=CC=CC1.[CH2-]C.[Ni+2]. The second-order valence-electron chi connectivity index (χ2n) is 2.62. The van der Waals surface area contributed by atoms with Gasteiger partial charge in [0.15, 0.2) is 0 Å². The van der Waals surface area contributed by atoms with E-state index in [1.807, 2.05) is 12.2 Å². The van der Waals surface area contributed by atoms with Gasteiger partial charge in [-0.2, -0.15) is 13.0 Å². The van der Waals surface area contributed by atoms with Crippen molar-refractivity contribution in [3.05, 3.63) is 31.2 Å². The Morgan fingerprint density at radius 1 is 1.12 bits per heavy atom. The molecular weight excluding hydrogens is 326 g/mol. The van der Waals surface area contributed by atoms with Crippen molar-refractivity contribution in [3.63, 3.8) is 0 Å². The molecule has 0 atom stereocenters. The molecule has 0 nitrogen and oxygen atoms in total. The van der Waals surface area contributed by atoms with Crippen LogP contribution in [0.15, 0.2) is 18.2 Å². The van der Waals surface area contributed by atoms with Gasteiger partial charge in [-0.25, -0.2) is 12.2 Å². The first-order valence-electron chi connectivity index (χ1n) is 5.49. The molecule has 0 saturated heterocycles. The Morgan fingerprint density at radius 3 is 1.62 bits per heavy atom. The largest absolute Gasteiger partial charge is 2.00 e. The van der Waals surface area contributed by atoms with Gasteiger partial charge in [0.2, 0.25) is 0 Å². The quantitative estimate of drug-likeness (QED) is 0.370. The summed E-state index contributed by atoms with van der Waals surface area (Å²) in [4.78, 5) is 0. The number of hydrogen-bond donors (Lipinski definition) is 0. The molecule has 100 valence electrons. The van der Waals surface area contributed by atoms with E-state index in [0.29, 0.717) is 7.92 Å². The predicted molar refractivity (Wildman–Crippen MR) is 81.5 cm³/mol. The van der Waals surface area contributed by atoms with Crippen molar-refractivity contribution in [3.8, 4) is 0 Å². The molecule has 0 aromatic rings. The van der Waals surface area contributed by atoms with Crippen LogP contribution in [0.1, 0.15) is 34.1 Å². The van der Waals surface area contributed by atoms with E-state index < -0.39 is 0 Å². The average Bonchev–Trinajstić information content (AvgIpc) is 2.82. The summed E-state index contributed by atoms with van der Waals surface area (Å²) in [6, 6.07) is 0. The zero-order valence-corrected chi connectivity index (χ0v) is 14.5. The minimum absolute atomic E-state index is 0. The third kappa shape index (κ3) is 20.3. The summed E-state index contributed by atoms with van der Waals surface area (Å²) < 4.78 is 0. The molecule has 0 radical (unpaired) electrons. The second kappa shape index (κ2) is 24.9. The van der Waals surface area contributed by atoms with Crippen molar-refractivity contribution in [1.29, 1.82) is 0 Å². The van der Waals surface area contributed by atoms with Crippen molar-refractivity contribution in [2.24, 2.45) is 0 Å². The maximum atomic E-state index is 3.25. The van der Waals surface area contributed by atoms with Crippen molar-refractivity contribution < 1.29 is 16.5 Å². The zero-order valence-electron chi connectivity index (χ0n) is 10.9. The smallest absolute Gasteiger partial charge is 0.346 e. The Balaban J connectivity index is -0.0000000716. The molecule has 0 amide bonds. The van der Waals surface area contributed by atoms with Gasteiger partial charge in [0.05, 0.1) is 0 Å². The Kier molecular flexibility index (Phi) is 40.0. The summed E-state index contributed by atoms with van der Waals surface area (Å²) in [5, 5.41) is 0. The number of rotatable bonds is 3. The van der Waals surface area contributed by atoms with Crippen LogP contribution in [0.2, 0.25) is 0 Å². The van der Waals surface area contributed by atoms with Gasteiger partial charge >= 0.3 is 16.5 Å². The maximum absolute atomic E-state index is 3.25. The first-order chi connectivity index (χ1) is 6.85. The Morgan fingerprint density at radius 2 is 1.56 bits per heavy atom. The molecule has 0 aromatic heterocycles. The summed E-state index contributed by atoms with van der Waals surface area (Å²) in [7, 11) is 0.446. The first kappa shape index (κ1) is 25.7. The van der Waals surface area contributed by atoms with E-state index in [0.717, 1.165) is 6.42 Å². The van der Waals surface area contributed by atoms with Crippen molar-refractivity contribution >= 4 is 24.9 Å². The molecule has 0 spiro atoms. The van der Waals surface area contributed by atoms with Crippen molar-refractivity contribution in [2.45, 2.75) is 34.1 Å². The van der Waals surface area contributed by atoms with Gasteiger partial charge in [-0.15, -0.1) is 31.3 Å². The summed E-state index contributed by atoms with van der Waals surface area (Å²) in [5.74, 6) is 0. The van der Waals surface area contributed by atoms with Crippen molar-refractivity contribution in [2.75, 3.05) is 18.5 Å². The van der Waals surface area contributed by atoms with Crippen LogP contribution >= 0.6 is 24.9 Å². The predicted octanol–water partition coefficient (Wildman–Crippen LogP) is 5.25. The van der Waals surface area contributed by atoms with E-state index in [-0.39, 0.29) is 33.5 Å². The molecule has 0 aliphatic heterocycles. The topological polar surface area (TPSA) is 0 Å². The standard InChI is InChI=1S/C6H15P.C5H5.C2H5.BrH.Ni/c1-4-7(5-2)6-3;1-2-4-5-3-1;1-2;;/h4-6H2,1-3H3;1-3H,4H2;1H2,2H3;1H;/q;2*-1;;+2. The van der Waals surface area contributed by atoms with Gasteiger partial charge in [0.25, 0.3) is 0 Å². The van der Waals surface area contributed by atoms with Crippen molar-refractivity contribution in [1.82, 2.24) is 0 Å². The average molecular weight is 352 g/mol. The molecule has 0 bridgehead atoms. The van der Waals surface area contributed by atoms with Crippen LogP contribution in [0.25, 0.3) is 0 Å². The van der Waals surface area contributed by atoms with Crippen LogP contribution < -0.4 is 0 Å². The van der Waals surface area contributed by atoms with E-state index >= 15 is 0 Å². The maximum Gasteiger partial charge on any atom is 2.00 e. The minimum atomic E-state index is 0. The van der Waals surface area contributed by atoms with Gasteiger partial charge in [-0.1, -0.05) is 20.8 Å². The molecule has 0 heterocycles. The van der Waals surface area contributed by atoms with Crippen LogP contribution in [0.4, 0.5) is 0 Å². The third-order valence-corrected chi connectivity index (χ3v) is 4.61. The van der Waals surface area contributed by atoms with Gasteiger partial charge in [0, 0.05) is 0 Å². The number of halogens is 1. The fourth-order valence-electron chi connectivity index (χ4n) is 1.01. The molecular formula is C13H26BrNiP. The molecule has 0 fully saturated rings. The van der Waals surface area contributed by atoms with Gasteiger partial charge in [0.1, 0.15) is 0 Å². The molecule has 0 aromatic carbocycles. The fraction of sp³-hybridized carbons (Fsp3) is 0.615. The Labute approximate surface area is 125 Å². The number of hydrogen-bond acceptors (Lipinski definition) is 0. The summed E-state index contributed by atoms with van der Waals surface area (Å²) >= 11 is 0. The second-order valence-corrected chi connectivity index (χ2v) is 5.86. The van der Waals surface area contributed by atoms with Crippen LogP contribution in [0, 0.1) is 13.0 Å². The van der Waals surface area contributed by atoms with Crippen LogP contribution in [-0.2, 0) is 16.5 Å². The fourth-order valence-corrected chi connectivity index (χ4v) is 2.35. The zero-order chi connectivity index (χ0) is 11.2. The molecule has 1 rings (SSSR count). The third-order valence-electron chi connectivity index (χ3n) is 1.93. The summed E-state index contributed by atoms with van der Waals surface area (Å²) in [5.41, 5.74) is 0. The monoisotopic (exact) mass is 350 g/mol. The van der Waals surface area contributed by atoms with E-state index in [1.54, 1.807) is 6.92 Å². The normalized spacial score (nSPS) is 10.4. The van der Waals surface area contributed by atoms with E-state index in [9.17, 15) is 0 Å². The van der Waals surface area contributed by atoms with Crippen LogP contribution in [-0.4, -0.2) is 18.5 Å². The molecule has 16 heavy (non-hydrogen) atoms. The first-order valence-corrected chi connectivity index (χ1v) is 7.39. The van der Waals surface area contributed by atoms with Gasteiger partial charge in [-0.05, 0) is 18.5 Å². The van der Waals surface area contributed by atoms with Gasteiger partial charge in [-0.3, -0.25) is 6.08 Å². The summed E-state index contributed by atoms with van der Waals surface area (Å²) in [6.07, 6.45) is 14.3. The Bertz CT molecular complexity index is 127. The molecule has 1 aliphatic carbocycles. The molecule has 3 heteroatoms. The minimum Gasteiger partial charge on any atom is -0.346 e. The van der Waals surface area contributed by atoms with E-state index in [1.165, 1.54) is 18.5 Å². The molecule has 0 unspecified atom stereocenters. The Hall–Kier alpha value is 0.884. The van der Waals surface area contributed by atoms with Gasteiger partial charge < -0.3 is 6.92 Å². The van der Waals surface area contributed by atoms with Crippen LogP contribution in [0.5, 0.6) is 0 Å². The number of allylic oxidation sites excluding steroid dienone is 4. The van der Waals surface area contributed by atoms with E-state index in [4.69, 9.17) is 0 Å². The van der Waals surface area contributed by atoms with Crippen LogP contribution in [0.3, 0.4) is 0 Å². The molecule has 0 saturated carbocycles. The molecule has 1 aliphatic rings. The van der Waals surface area contributed by atoms with E-state index in [2.05, 4.69) is 39.8 Å². The molecule has 0 N–H and O–H groups in total.